The van der Waals surface area contributed by atoms with Gasteiger partial charge in [0.25, 0.3) is 0 Å². The van der Waals surface area contributed by atoms with E-state index >= 15 is 0 Å². The molecule has 2 aromatic rings. The van der Waals surface area contributed by atoms with Crippen molar-refractivity contribution in [2.75, 3.05) is 0 Å². The summed E-state index contributed by atoms with van der Waals surface area (Å²) in [5, 5.41) is 10.4. The van der Waals surface area contributed by atoms with Gasteiger partial charge in [-0.1, -0.05) is 18.2 Å². The molecule has 0 amide bonds. The van der Waals surface area contributed by atoms with Gasteiger partial charge in [0.05, 0.1) is 5.69 Å². The molecule has 0 unspecified atom stereocenters. The lowest BCUT2D eigenvalue weighted by molar-refractivity contribution is 0.480. The highest BCUT2D eigenvalue weighted by molar-refractivity contribution is 5.85. The number of fused-ring (bicyclic) bond motifs is 1. The van der Waals surface area contributed by atoms with Gasteiger partial charge in [-0.2, -0.15) is 0 Å². The van der Waals surface area contributed by atoms with Crippen LogP contribution in [-0.4, -0.2) is 10.1 Å². The van der Waals surface area contributed by atoms with Crippen molar-refractivity contribution in [3.05, 3.63) is 36.0 Å². The molecular weight excluding hydrogens is 200 g/mol. The molecule has 1 heterocycles. The molecule has 1 aromatic heterocycles. The molecule has 74 valence electrons. The quantitative estimate of drug-likeness (QED) is 0.755. The van der Waals surface area contributed by atoms with Crippen molar-refractivity contribution in [2.24, 2.45) is 5.73 Å². The first kappa shape index (κ1) is 10.8. The van der Waals surface area contributed by atoms with E-state index in [1.54, 1.807) is 12.1 Å². The van der Waals surface area contributed by atoms with Gasteiger partial charge in [0, 0.05) is 11.9 Å². The van der Waals surface area contributed by atoms with Crippen molar-refractivity contribution in [1.29, 1.82) is 0 Å². The Morgan fingerprint density at radius 3 is 2.71 bits per heavy atom. The van der Waals surface area contributed by atoms with Gasteiger partial charge in [0.1, 0.15) is 11.3 Å². The van der Waals surface area contributed by atoms with Crippen LogP contribution in [0.3, 0.4) is 0 Å². The molecule has 3 N–H and O–H groups in total. The first-order valence-electron chi connectivity index (χ1n) is 4.09. The van der Waals surface area contributed by atoms with E-state index in [0.717, 1.165) is 11.1 Å². The van der Waals surface area contributed by atoms with E-state index < -0.39 is 0 Å². The summed E-state index contributed by atoms with van der Waals surface area (Å²) in [7, 11) is 0. The fraction of sp³-hybridized carbons (Fsp3) is 0.100. The second-order valence-electron chi connectivity index (χ2n) is 2.86. The normalized spacial score (nSPS) is 9.79. The van der Waals surface area contributed by atoms with Gasteiger partial charge >= 0.3 is 0 Å². The van der Waals surface area contributed by atoms with E-state index in [0.29, 0.717) is 12.1 Å². The summed E-state index contributed by atoms with van der Waals surface area (Å²) in [5.41, 5.74) is 6.85. The Balaban J connectivity index is 0.000000980. The average Bonchev–Trinajstić information content (AvgIpc) is 2.18. The zero-order valence-electron chi connectivity index (χ0n) is 7.47. The molecule has 0 radical (unpaired) electrons. The van der Waals surface area contributed by atoms with Crippen LogP contribution >= 0.6 is 12.4 Å². The zero-order valence-corrected chi connectivity index (χ0v) is 8.29. The third-order valence-corrected chi connectivity index (χ3v) is 1.97. The summed E-state index contributed by atoms with van der Waals surface area (Å²) >= 11 is 0. The molecule has 2 rings (SSSR count). The molecule has 0 bridgehead atoms. The van der Waals surface area contributed by atoms with Crippen LogP contribution in [0.2, 0.25) is 0 Å². The van der Waals surface area contributed by atoms with Crippen LogP contribution in [-0.2, 0) is 6.54 Å². The van der Waals surface area contributed by atoms with Crippen LogP contribution in [0.25, 0.3) is 10.9 Å². The molecule has 1 aromatic carbocycles. The highest BCUT2D eigenvalue weighted by Crippen LogP contribution is 2.21. The Bertz CT molecular complexity index is 445. The molecule has 0 saturated carbocycles. The van der Waals surface area contributed by atoms with Crippen molar-refractivity contribution in [3.63, 3.8) is 0 Å². The Hall–Kier alpha value is -1.32. The minimum atomic E-state index is 0. The van der Waals surface area contributed by atoms with Crippen LogP contribution < -0.4 is 5.73 Å². The van der Waals surface area contributed by atoms with E-state index in [-0.39, 0.29) is 18.2 Å². The molecule has 0 fully saturated rings. The van der Waals surface area contributed by atoms with Gasteiger partial charge in [-0.05, 0) is 12.1 Å². The van der Waals surface area contributed by atoms with Crippen molar-refractivity contribution in [2.45, 2.75) is 6.54 Å². The lowest BCUT2D eigenvalue weighted by Gasteiger charge is -2.01. The Kier molecular flexibility index (Phi) is 3.28. The number of benzene rings is 1. The highest BCUT2D eigenvalue weighted by Gasteiger charge is 2.00. The first-order valence-corrected chi connectivity index (χ1v) is 4.09. The lowest BCUT2D eigenvalue weighted by Crippen LogP contribution is -1.98. The van der Waals surface area contributed by atoms with Gasteiger partial charge < -0.3 is 10.8 Å². The maximum atomic E-state index is 9.49. The average molecular weight is 211 g/mol. The van der Waals surface area contributed by atoms with Gasteiger partial charge in [-0.15, -0.1) is 12.4 Å². The molecular formula is C10H11ClN2O. The van der Waals surface area contributed by atoms with Gasteiger partial charge in [0.2, 0.25) is 0 Å². The number of nitrogens with two attached hydrogens (primary N) is 1. The topological polar surface area (TPSA) is 59.1 Å². The number of pyridine rings is 1. The minimum absolute atomic E-state index is 0. The SMILES string of the molecule is Cl.NCc1ccc2cccc(O)c2n1. The fourth-order valence-corrected chi connectivity index (χ4v) is 1.29. The molecule has 0 atom stereocenters. The monoisotopic (exact) mass is 210 g/mol. The number of aromatic hydroxyl groups is 1. The number of rotatable bonds is 1. The predicted molar refractivity (Wildman–Crippen MR) is 58.5 cm³/mol. The number of halogens is 1. The van der Waals surface area contributed by atoms with Crippen molar-refractivity contribution < 1.29 is 5.11 Å². The highest BCUT2D eigenvalue weighted by atomic mass is 35.5. The second-order valence-corrected chi connectivity index (χ2v) is 2.86. The molecule has 0 aliphatic heterocycles. The standard InChI is InChI=1S/C10H10N2O.ClH/c11-6-8-5-4-7-2-1-3-9(13)10(7)12-8;/h1-5,13H,6,11H2;1H. The molecule has 4 heteroatoms. The van der Waals surface area contributed by atoms with Gasteiger partial charge in [-0.25, -0.2) is 4.98 Å². The maximum Gasteiger partial charge on any atom is 0.141 e. The number of phenols is 1. The maximum absolute atomic E-state index is 9.49. The Morgan fingerprint density at radius 2 is 2.00 bits per heavy atom. The summed E-state index contributed by atoms with van der Waals surface area (Å²) in [4.78, 5) is 4.22. The summed E-state index contributed by atoms with van der Waals surface area (Å²) in [5.74, 6) is 0.202. The number of para-hydroxylation sites is 1. The molecule has 14 heavy (non-hydrogen) atoms. The third kappa shape index (κ3) is 1.78. The van der Waals surface area contributed by atoms with E-state index in [1.807, 2.05) is 18.2 Å². The smallest absolute Gasteiger partial charge is 0.141 e. The number of hydrogen-bond acceptors (Lipinski definition) is 3. The Labute approximate surface area is 88.0 Å². The summed E-state index contributed by atoms with van der Waals surface area (Å²) in [6.45, 7) is 0.393. The number of phenolic OH excluding ortho intramolecular Hbond substituents is 1. The van der Waals surface area contributed by atoms with Gasteiger partial charge in [-0.3, -0.25) is 0 Å². The van der Waals surface area contributed by atoms with Crippen LogP contribution in [0, 0.1) is 0 Å². The van der Waals surface area contributed by atoms with Gasteiger partial charge in [0.15, 0.2) is 0 Å². The third-order valence-electron chi connectivity index (χ3n) is 1.97. The Morgan fingerprint density at radius 1 is 1.21 bits per heavy atom. The largest absolute Gasteiger partial charge is 0.506 e. The fourth-order valence-electron chi connectivity index (χ4n) is 1.29. The van der Waals surface area contributed by atoms with E-state index in [1.165, 1.54) is 0 Å². The second kappa shape index (κ2) is 4.26. The number of nitrogens with zero attached hydrogens (tertiary/aromatic N) is 1. The van der Waals surface area contributed by atoms with Crippen LogP contribution in [0.1, 0.15) is 5.69 Å². The van der Waals surface area contributed by atoms with Crippen LogP contribution in [0.15, 0.2) is 30.3 Å². The van der Waals surface area contributed by atoms with E-state index in [2.05, 4.69) is 4.98 Å². The first-order chi connectivity index (χ1) is 6.31. The molecule has 0 spiro atoms. The number of aromatic nitrogens is 1. The minimum Gasteiger partial charge on any atom is -0.506 e. The van der Waals surface area contributed by atoms with Crippen molar-refractivity contribution in [3.8, 4) is 5.75 Å². The lowest BCUT2D eigenvalue weighted by atomic mass is 10.2. The molecule has 0 aliphatic carbocycles. The van der Waals surface area contributed by atoms with Crippen molar-refractivity contribution >= 4 is 23.3 Å². The van der Waals surface area contributed by atoms with Crippen LogP contribution in [0.4, 0.5) is 0 Å². The van der Waals surface area contributed by atoms with E-state index in [4.69, 9.17) is 5.73 Å². The molecule has 0 saturated heterocycles. The van der Waals surface area contributed by atoms with Crippen molar-refractivity contribution in [1.82, 2.24) is 4.98 Å². The molecule has 0 aliphatic rings. The summed E-state index contributed by atoms with van der Waals surface area (Å²) in [6.07, 6.45) is 0. The zero-order chi connectivity index (χ0) is 9.26. The summed E-state index contributed by atoms with van der Waals surface area (Å²) in [6, 6.07) is 9.09. The summed E-state index contributed by atoms with van der Waals surface area (Å²) < 4.78 is 0. The predicted octanol–water partition coefficient (Wildman–Crippen LogP) is 1.82. The molecule has 3 nitrogen and oxygen atoms in total. The number of hydrogen-bond donors (Lipinski definition) is 2. The van der Waals surface area contributed by atoms with E-state index in [9.17, 15) is 5.11 Å². The van der Waals surface area contributed by atoms with Crippen LogP contribution in [0.5, 0.6) is 5.75 Å².